The molecule has 5 nitrogen and oxygen atoms in total. The van der Waals surface area contributed by atoms with Crippen LogP contribution in [0.5, 0.6) is 5.75 Å². The van der Waals surface area contributed by atoms with Gasteiger partial charge in [-0.1, -0.05) is 29.3 Å². The Morgan fingerprint density at radius 3 is 2.79 bits per heavy atom. The number of pyridine rings is 2. The lowest BCUT2D eigenvalue weighted by molar-refractivity contribution is 0.227. The minimum atomic E-state index is -0.697. The van der Waals surface area contributed by atoms with Gasteiger partial charge in [-0.05, 0) is 25.1 Å². The van der Waals surface area contributed by atoms with E-state index in [0.29, 0.717) is 16.5 Å². The fraction of sp³-hybridized carbons (Fsp3) is 0.100. The molecule has 0 aliphatic heterocycles. The van der Waals surface area contributed by atoms with Crippen LogP contribution in [0.15, 0.2) is 53.5 Å². The van der Waals surface area contributed by atoms with Gasteiger partial charge in [-0.3, -0.25) is 4.98 Å². The third-order valence-corrected chi connectivity index (χ3v) is 5.07. The maximum Gasteiger partial charge on any atom is 0.205 e. The Bertz CT molecular complexity index is 1170. The highest BCUT2D eigenvalue weighted by atomic mass is 35.5. The number of halogens is 3. The zero-order chi connectivity index (χ0) is 19.8. The normalized spacial score (nSPS) is 12.3. The second-order valence-corrected chi connectivity index (χ2v) is 6.91. The van der Waals surface area contributed by atoms with Crippen molar-refractivity contribution in [3.8, 4) is 16.9 Å². The molecule has 3 heterocycles. The average Bonchev–Trinajstić information content (AvgIpc) is 3.12. The van der Waals surface area contributed by atoms with E-state index in [2.05, 4.69) is 9.97 Å². The molecule has 28 heavy (non-hydrogen) atoms. The van der Waals surface area contributed by atoms with Crippen molar-refractivity contribution < 1.29 is 13.5 Å². The number of hydrogen-bond acceptors (Lipinski definition) is 5. The summed E-state index contributed by atoms with van der Waals surface area (Å²) in [6, 6.07) is 6.35. The number of nitrogens with zero attached hydrogens (tertiary/aromatic N) is 2. The standard InChI is InChI=1S/C20H14Cl2FN3O2/c1-10(16-14(21)4-5-15(23)17(16)22)28-19-18-12(8-26-20(19)24)13(9-27-18)11-3-2-6-25-7-11/h2-10H,1H3,(H2,24,26). The van der Waals surface area contributed by atoms with Crippen molar-refractivity contribution in [1.82, 2.24) is 9.97 Å². The van der Waals surface area contributed by atoms with Gasteiger partial charge in [0.25, 0.3) is 0 Å². The lowest BCUT2D eigenvalue weighted by atomic mass is 10.1. The third-order valence-electron chi connectivity index (χ3n) is 4.35. The van der Waals surface area contributed by atoms with Crippen LogP contribution in [0.1, 0.15) is 18.6 Å². The number of ether oxygens (including phenoxy) is 1. The van der Waals surface area contributed by atoms with Crippen molar-refractivity contribution in [3.05, 3.63) is 70.5 Å². The molecule has 0 aliphatic rings. The summed E-state index contributed by atoms with van der Waals surface area (Å²) in [7, 11) is 0. The minimum Gasteiger partial charge on any atom is -0.478 e. The molecule has 2 N–H and O–H groups in total. The van der Waals surface area contributed by atoms with E-state index in [1.165, 1.54) is 12.1 Å². The number of nitrogen functional groups attached to an aromatic ring is 1. The van der Waals surface area contributed by atoms with Gasteiger partial charge in [-0.2, -0.15) is 0 Å². The Hall–Kier alpha value is -2.83. The van der Waals surface area contributed by atoms with Gasteiger partial charge in [0.15, 0.2) is 11.4 Å². The lowest BCUT2D eigenvalue weighted by Gasteiger charge is -2.18. The lowest BCUT2D eigenvalue weighted by Crippen LogP contribution is -2.08. The molecule has 4 rings (SSSR count). The predicted molar refractivity (Wildman–Crippen MR) is 107 cm³/mol. The number of nitrogens with two attached hydrogens (primary N) is 1. The summed E-state index contributed by atoms with van der Waals surface area (Å²) < 4.78 is 25.6. The van der Waals surface area contributed by atoms with Gasteiger partial charge >= 0.3 is 0 Å². The Balaban J connectivity index is 1.79. The second kappa shape index (κ2) is 7.30. The van der Waals surface area contributed by atoms with Crippen LogP contribution in [0.25, 0.3) is 22.1 Å². The third kappa shape index (κ3) is 3.15. The molecule has 0 saturated heterocycles. The molecule has 1 aromatic carbocycles. The molecule has 8 heteroatoms. The summed E-state index contributed by atoms with van der Waals surface area (Å²) >= 11 is 12.3. The number of aromatic nitrogens is 2. The molecular weight excluding hydrogens is 404 g/mol. The zero-order valence-electron chi connectivity index (χ0n) is 14.6. The Kier molecular flexibility index (Phi) is 4.83. The number of rotatable bonds is 4. The predicted octanol–water partition coefficient (Wildman–Crippen LogP) is 6.06. The number of hydrogen-bond donors (Lipinski definition) is 1. The highest BCUT2D eigenvalue weighted by Gasteiger charge is 2.23. The van der Waals surface area contributed by atoms with E-state index >= 15 is 0 Å². The van der Waals surface area contributed by atoms with E-state index < -0.39 is 11.9 Å². The van der Waals surface area contributed by atoms with Gasteiger partial charge < -0.3 is 14.9 Å². The van der Waals surface area contributed by atoms with E-state index in [1.54, 1.807) is 31.8 Å². The van der Waals surface area contributed by atoms with Crippen LogP contribution in [0.2, 0.25) is 10.0 Å². The van der Waals surface area contributed by atoms with Gasteiger partial charge in [0.1, 0.15) is 11.9 Å². The van der Waals surface area contributed by atoms with Crippen molar-refractivity contribution >= 4 is 40.0 Å². The number of fused-ring (bicyclic) bond motifs is 1. The smallest absolute Gasteiger partial charge is 0.205 e. The SMILES string of the molecule is CC(Oc1c(N)ncc2c(-c3cccnc3)coc12)c1c(Cl)ccc(F)c1Cl. The quantitative estimate of drug-likeness (QED) is 0.408. The monoisotopic (exact) mass is 417 g/mol. The van der Waals surface area contributed by atoms with Crippen LogP contribution in [0, 0.1) is 5.82 Å². The van der Waals surface area contributed by atoms with Crippen LogP contribution >= 0.6 is 23.2 Å². The van der Waals surface area contributed by atoms with E-state index in [-0.39, 0.29) is 21.6 Å². The summed E-state index contributed by atoms with van der Waals surface area (Å²) in [6.45, 7) is 1.69. The maximum atomic E-state index is 13.9. The molecule has 0 bridgehead atoms. The first kappa shape index (κ1) is 18.5. The number of anilines is 1. The summed E-state index contributed by atoms with van der Waals surface area (Å²) in [5.41, 5.74) is 8.42. The van der Waals surface area contributed by atoms with E-state index in [9.17, 15) is 4.39 Å². The molecule has 1 unspecified atom stereocenters. The molecule has 142 valence electrons. The average molecular weight is 418 g/mol. The Labute approximate surface area is 169 Å². The van der Waals surface area contributed by atoms with Crippen LogP contribution in [-0.2, 0) is 0 Å². The van der Waals surface area contributed by atoms with E-state index in [4.69, 9.17) is 38.1 Å². The van der Waals surface area contributed by atoms with Gasteiger partial charge in [0, 0.05) is 40.3 Å². The molecule has 0 spiro atoms. The van der Waals surface area contributed by atoms with E-state index in [0.717, 1.165) is 11.1 Å². The topological polar surface area (TPSA) is 74.2 Å². The first-order valence-electron chi connectivity index (χ1n) is 8.33. The maximum absolute atomic E-state index is 13.9. The fourth-order valence-corrected chi connectivity index (χ4v) is 3.67. The second-order valence-electron chi connectivity index (χ2n) is 6.12. The van der Waals surface area contributed by atoms with Gasteiger partial charge in [0.2, 0.25) is 5.75 Å². The first-order chi connectivity index (χ1) is 13.5. The van der Waals surface area contributed by atoms with Crippen LogP contribution in [0.4, 0.5) is 10.2 Å². The largest absolute Gasteiger partial charge is 0.478 e. The summed E-state index contributed by atoms with van der Waals surface area (Å²) in [5.74, 6) is -0.218. The summed E-state index contributed by atoms with van der Waals surface area (Å²) in [4.78, 5) is 8.33. The molecule has 3 aromatic heterocycles. The van der Waals surface area contributed by atoms with Crippen LogP contribution in [-0.4, -0.2) is 9.97 Å². The van der Waals surface area contributed by atoms with Crippen molar-refractivity contribution in [2.24, 2.45) is 0 Å². The fourth-order valence-electron chi connectivity index (χ4n) is 2.99. The number of benzene rings is 1. The highest BCUT2D eigenvalue weighted by Crippen LogP contribution is 2.41. The first-order valence-corrected chi connectivity index (χ1v) is 9.09. The molecule has 4 aromatic rings. The minimum absolute atomic E-state index is 0.103. The summed E-state index contributed by atoms with van der Waals surface area (Å²) in [6.07, 6.45) is 5.90. The van der Waals surface area contributed by atoms with Gasteiger partial charge in [0.05, 0.1) is 16.7 Å². The Morgan fingerprint density at radius 2 is 2.04 bits per heavy atom. The van der Waals surface area contributed by atoms with Gasteiger partial charge in [-0.25, -0.2) is 9.37 Å². The van der Waals surface area contributed by atoms with Crippen molar-refractivity contribution in [1.29, 1.82) is 0 Å². The highest BCUT2D eigenvalue weighted by molar-refractivity contribution is 6.36. The van der Waals surface area contributed by atoms with Gasteiger partial charge in [-0.15, -0.1) is 0 Å². The molecule has 0 amide bonds. The molecule has 1 atom stereocenters. The van der Waals surface area contributed by atoms with Crippen molar-refractivity contribution in [2.75, 3.05) is 5.73 Å². The van der Waals surface area contributed by atoms with Crippen molar-refractivity contribution in [3.63, 3.8) is 0 Å². The molecule has 0 fully saturated rings. The number of furan rings is 1. The van der Waals surface area contributed by atoms with E-state index in [1.807, 2.05) is 12.1 Å². The van der Waals surface area contributed by atoms with Crippen molar-refractivity contribution in [2.45, 2.75) is 13.0 Å². The molecule has 0 saturated carbocycles. The summed E-state index contributed by atoms with van der Waals surface area (Å²) in [5, 5.41) is 0.892. The Morgan fingerprint density at radius 1 is 1.21 bits per heavy atom. The van der Waals surface area contributed by atoms with Crippen LogP contribution in [0.3, 0.4) is 0 Å². The van der Waals surface area contributed by atoms with Crippen LogP contribution < -0.4 is 10.5 Å². The molecular formula is C20H14Cl2FN3O2. The zero-order valence-corrected chi connectivity index (χ0v) is 16.1. The molecule has 0 radical (unpaired) electrons. The molecule has 0 aliphatic carbocycles.